The summed E-state index contributed by atoms with van der Waals surface area (Å²) in [5, 5.41) is 10.5. The lowest BCUT2D eigenvalue weighted by atomic mass is 9.46. The zero-order valence-electron chi connectivity index (χ0n) is 21.8. The second-order valence-electron chi connectivity index (χ2n) is 12.5. The van der Waals surface area contributed by atoms with Gasteiger partial charge in [0.2, 0.25) is 0 Å². The number of unbranched alkanes of at least 4 members (excludes halogenated alkanes) is 2. The van der Waals surface area contributed by atoms with E-state index in [2.05, 4.69) is 26.8 Å². The standard InChI is InChI=1S/C29H48O3S/c1-20(30)33-18-8-6-7-15-29(4,32-5)26-12-11-24-23-10-9-21-19-22(31)13-16-27(21,2)25(23)14-17-28(24,26)3/h9,22-26,31H,6-8,10-19H2,1-5H3/t22-,23-,24-,25-,26-,27-,28-,29-/m0/s1. The molecular formula is C29H48O3S. The molecular weight excluding hydrogens is 428 g/mol. The molecule has 0 saturated heterocycles. The molecule has 0 aromatic carbocycles. The maximum absolute atomic E-state index is 11.2. The summed E-state index contributed by atoms with van der Waals surface area (Å²) in [6.45, 7) is 9.20. The zero-order valence-corrected chi connectivity index (χ0v) is 22.6. The van der Waals surface area contributed by atoms with Crippen LogP contribution in [0.2, 0.25) is 0 Å². The lowest BCUT2D eigenvalue weighted by Crippen LogP contribution is -2.53. The van der Waals surface area contributed by atoms with Crippen molar-refractivity contribution in [3.63, 3.8) is 0 Å². The first kappa shape index (κ1) is 25.8. The molecule has 188 valence electrons. The van der Waals surface area contributed by atoms with E-state index in [4.69, 9.17) is 4.74 Å². The number of carbonyl (C=O) groups excluding carboxylic acids is 1. The van der Waals surface area contributed by atoms with E-state index in [1.165, 1.54) is 63.1 Å². The number of aliphatic hydroxyl groups is 1. The van der Waals surface area contributed by atoms with E-state index in [1.54, 1.807) is 12.5 Å². The fourth-order valence-electron chi connectivity index (χ4n) is 9.03. The first-order valence-electron chi connectivity index (χ1n) is 13.7. The Morgan fingerprint density at radius 2 is 1.94 bits per heavy atom. The van der Waals surface area contributed by atoms with Crippen molar-refractivity contribution in [3.05, 3.63) is 11.6 Å². The van der Waals surface area contributed by atoms with Gasteiger partial charge in [0.05, 0.1) is 11.7 Å². The number of hydrogen-bond donors (Lipinski definition) is 1. The van der Waals surface area contributed by atoms with Gasteiger partial charge in [0.15, 0.2) is 5.12 Å². The molecule has 4 aliphatic rings. The quantitative estimate of drug-likeness (QED) is 0.298. The highest BCUT2D eigenvalue weighted by Crippen LogP contribution is 2.68. The first-order chi connectivity index (χ1) is 15.6. The number of hydrogen-bond acceptors (Lipinski definition) is 4. The minimum atomic E-state index is -0.117. The molecule has 0 amide bonds. The number of rotatable bonds is 8. The number of ether oxygens (including phenoxy) is 1. The van der Waals surface area contributed by atoms with Gasteiger partial charge < -0.3 is 9.84 Å². The van der Waals surface area contributed by atoms with E-state index in [0.717, 1.165) is 49.2 Å². The van der Waals surface area contributed by atoms with Crippen molar-refractivity contribution in [1.29, 1.82) is 0 Å². The fourth-order valence-corrected chi connectivity index (χ4v) is 9.67. The van der Waals surface area contributed by atoms with Crippen LogP contribution in [0.1, 0.15) is 105 Å². The molecule has 0 spiro atoms. The van der Waals surface area contributed by atoms with Crippen LogP contribution < -0.4 is 0 Å². The molecule has 0 heterocycles. The van der Waals surface area contributed by atoms with Crippen molar-refractivity contribution in [2.45, 2.75) is 116 Å². The van der Waals surface area contributed by atoms with Crippen LogP contribution in [0.15, 0.2) is 11.6 Å². The lowest BCUT2D eigenvalue weighted by Gasteiger charge is -2.59. The number of carbonyl (C=O) groups is 1. The van der Waals surface area contributed by atoms with Gasteiger partial charge in [-0.2, -0.15) is 0 Å². The maximum atomic E-state index is 11.2. The van der Waals surface area contributed by atoms with Gasteiger partial charge in [0, 0.05) is 19.8 Å². The Kier molecular flexibility index (Phi) is 7.79. The Morgan fingerprint density at radius 3 is 2.67 bits per heavy atom. The third kappa shape index (κ3) is 4.75. The van der Waals surface area contributed by atoms with Crippen LogP contribution in [0.5, 0.6) is 0 Å². The van der Waals surface area contributed by atoms with Crippen molar-refractivity contribution in [1.82, 2.24) is 0 Å². The van der Waals surface area contributed by atoms with E-state index in [-0.39, 0.29) is 16.8 Å². The highest BCUT2D eigenvalue weighted by atomic mass is 32.2. The average molecular weight is 477 g/mol. The Labute approximate surface area is 206 Å². The first-order valence-corrected chi connectivity index (χ1v) is 14.7. The summed E-state index contributed by atoms with van der Waals surface area (Å²) in [6.07, 6.45) is 16.7. The van der Waals surface area contributed by atoms with Crippen molar-refractivity contribution in [2.75, 3.05) is 12.9 Å². The van der Waals surface area contributed by atoms with Crippen LogP contribution in [0, 0.1) is 34.5 Å². The van der Waals surface area contributed by atoms with Gasteiger partial charge in [-0.1, -0.05) is 50.1 Å². The second-order valence-corrected chi connectivity index (χ2v) is 13.8. The smallest absolute Gasteiger partial charge is 0.185 e. The summed E-state index contributed by atoms with van der Waals surface area (Å²) in [5.41, 5.74) is 2.24. The number of allylic oxidation sites excluding steroid dienone is 1. The third-order valence-corrected chi connectivity index (χ3v) is 11.8. The van der Waals surface area contributed by atoms with Gasteiger partial charge in [-0.3, -0.25) is 4.79 Å². The van der Waals surface area contributed by atoms with Crippen molar-refractivity contribution < 1.29 is 14.6 Å². The molecule has 4 heteroatoms. The summed E-state index contributed by atoms with van der Waals surface area (Å²) in [7, 11) is 1.94. The van der Waals surface area contributed by atoms with Gasteiger partial charge in [-0.15, -0.1) is 0 Å². The Bertz CT molecular complexity index is 749. The Hall–Kier alpha value is -0.320. The van der Waals surface area contributed by atoms with Crippen molar-refractivity contribution >= 4 is 16.9 Å². The summed E-state index contributed by atoms with van der Waals surface area (Å²) in [5.74, 6) is 4.01. The molecule has 1 N–H and O–H groups in total. The predicted molar refractivity (Wildman–Crippen MR) is 138 cm³/mol. The van der Waals surface area contributed by atoms with Crippen molar-refractivity contribution in [2.24, 2.45) is 34.5 Å². The van der Waals surface area contributed by atoms with Crippen LogP contribution in [0.4, 0.5) is 0 Å². The van der Waals surface area contributed by atoms with Gasteiger partial charge >= 0.3 is 0 Å². The molecule has 0 aromatic rings. The number of methoxy groups -OCH3 is 1. The average Bonchev–Trinajstić information content (AvgIpc) is 3.14. The molecule has 0 aliphatic heterocycles. The van der Waals surface area contributed by atoms with Crippen LogP contribution in [-0.4, -0.2) is 34.8 Å². The van der Waals surface area contributed by atoms with E-state index in [0.29, 0.717) is 16.7 Å². The molecule has 8 atom stereocenters. The van der Waals surface area contributed by atoms with Gasteiger partial charge in [-0.05, 0) is 106 Å². The second kappa shape index (κ2) is 9.97. The minimum absolute atomic E-state index is 0.0431. The monoisotopic (exact) mass is 476 g/mol. The number of fused-ring (bicyclic) bond motifs is 5. The Balaban J connectivity index is 1.44. The topological polar surface area (TPSA) is 46.5 Å². The molecule has 0 bridgehead atoms. The third-order valence-electron chi connectivity index (χ3n) is 10.9. The fraction of sp³-hybridized carbons (Fsp3) is 0.897. The zero-order chi connectivity index (χ0) is 23.9. The minimum Gasteiger partial charge on any atom is -0.393 e. The summed E-state index contributed by atoms with van der Waals surface area (Å²) < 4.78 is 6.34. The summed E-state index contributed by atoms with van der Waals surface area (Å²) in [6, 6.07) is 0. The van der Waals surface area contributed by atoms with Gasteiger partial charge in [-0.25, -0.2) is 0 Å². The van der Waals surface area contributed by atoms with E-state index in [9.17, 15) is 9.90 Å². The molecule has 0 unspecified atom stereocenters. The molecule has 33 heavy (non-hydrogen) atoms. The normalized spacial score (nSPS) is 42.0. The lowest BCUT2D eigenvalue weighted by molar-refractivity contribution is -0.121. The molecule has 0 aromatic heterocycles. The molecule has 0 radical (unpaired) electrons. The summed E-state index contributed by atoms with van der Waals surface area (Å²) in [4.78, 5) is 11.2. The number of aliphatic hydroxyl groups excluding tert-OH is 1. The molecule has 3 fully saturated rings. The van der Waals surface area contributed by atoms with Gasteiger partial charge in [0.25, 0.3) is 0 Å². The maximum Gasteiger partial charge on any atom is 0.185 e. The van der Waals surface area contributed by atoms with Gasteiger partial charge in [0.1, 0.15) is 0 Å². The molecule has 3 nitrogen and oxygen atoms in total. The Morgan fingerprint density at radius 1 is 1.15 bits per heavy atom. The number of thioether (sulfide) groups is 1. The predicted octanol–water partition coefficient (Wildman–Crippen LogP) is 7.17. The van der Waals surface area contributed by atoms with Crippen LogP contribution >= 0.6 is 11.8 Å². The van der Waals surface area contributed by atoms with E-state index in [1.807, 2.05) is 7.11 Å². The van der Waals surface area contributed by atoms with Crippen LogP contribution in [0.25, 0.3) is 0 Å². The molecule has 4 aliphatic carbocycles. The van der Waals surface area contributed by atoms with Crippen molar-refractivity contribution in [3.8, 4) is 0 Å². The van der Waals surface area contributed by atoms with Crippen LogP contribution in [-0.2, 0) is 9.53 Å². The highest BCUT2D eigenvalue weighted by Gasteiger charge is 2.61. The molecule has 3 saturated carbocycles. The van der Waals surface area contributed by atoms with Crippen LogP contribution in [0.3, 0.4) is 0 Å². The SMILES string of the molecule is CO[C@@](C)(CCCCCSC(C)=O)[C@H]1CC[C@H]2[C@@H]3CC=C4C[C@@H](O)CC[C@]4(C)[C@H]3CC[C@@]21C. The largest absolute Gasteiger partial charge is 0.393 e. The van der Waals surface area contributed by atoms with E-state index < -0.39 is 0 Å². The molecule has 4 rings (SSSR count). The highest BCUT2D eigenvalue weighted by molar-refractivity contribution is 8.13. The van der Waals surface area contributed by atoms with E-state index >= 15 is 0 Å². The summed E-state index contributed by atoms with van der Waals surface area (Å²) >= 11 is 1.46.